The maximum atomic E-state index is 12.4. The van der Waals surface area contributed by atoms with Crippen LogP contribution in [0.3, 0.4) is 0 Å². The average molecular weight is 284 g/mol. The lowest BCUT2D eigenvalue weighted by Gasteiger charge is -2.38. The molecule has 2 fully saturated rings. The minimum absolute atomic E-state index is 0.225. The summed E-state index contributed by atoms with van der Waals surface area (Å²) in [7, 11) is 1.33. The van der Waals surface area contributed by atoms with Crippen molar-refractivity contribution in [1.29, 1.82) is 0 Å². The van der Waals surface area contributed by atoms with Gasteiger partial charge in [0.25, 0.3) is 0 Å². The van der Waals surface area contributed by atoms with E-state index in [9.17, 15) is 14.4 Å². The minimum Gasteiger partial charge on any atom is -0.453 e. The van der Waals surface area contributed by atoms with Gasteiger partial charge in [-0.3, -0.25) is 4.79 Å². The molecule has 7 nitrogen and oxygen atoms in total. The van der Waals surface area contributed by atoms with Crippen molar-refractivity contribution in [3.63, 3.8) is 0 Å². The van der Waals surface area contributed by atoms with Gasteiger partial charge in [0, 0.05) is 12.6 Å². The first-order valence-corrected chi connectivity index (χ1v) is 6.89. The van der Waals surface area contributed by atoms with E-state index in [4.69, 9.17) is 9.47 Å². The molecule has 112 valence electrons. The Labute approximate surface area is 117 Å². The summed E-state index contributed by atoms with van der Waals surface area (Å²) in [6, 6.07) is -0.225. The van der Waals surface area contributed by atoms with E-state index in [-0.39, 0.29) is 25.1 Å². The highest BCUT2D eigenvalue weighted by Crippen LogP contribution is 2.26. The molecule has 0 aliphatic carbocycles. The molecule has 0 unspecified atom stereocenters. The number of likely N-dealkylation sites (tertiary alicyclic amines) is 1. The molecule has 0 aromatic carbocycles. The number of hydrogen-bond acceptors (Lipinski definition) is 5. The molecule has 0 radical (unpaired) electrons. The molecule has 0 N–H and O–H groups in total. The van der Waals surface area contributed by atoms with E-state index in [2.05, 4.69) is 0 Å². The number of hydrogen-bond donors (Lipinski definition) is 0. The fourth-order valence-electron chi connectivity index (χ4n) is 2.83. The van der Waals surface area contributed by atoms with E-state index < -0.39 is 18.1 Å². The summed E-state index contributed by atoms with van der Waals surface area (Å²) in [6.07, 6.45) is 1.59. The van der Waals surface area contributed by atoms with Gasteiger partial charge in [-0.15, -0.1) is 0 Å². The second-order valence-electron chi connectivity index (χ2n) is 5.12. The van der Waals surface area contributed by atoms with Gasteiger partial charge >= 0.3 is 12.2 Å². The number of methoxy groups -OCH3 is 1. The number of carbonyl (C=O) groups excluding carboxylic acids is 3. The highest BCUT2D eigenvalue weighted by atomic mass is 16.6. The predicted octanol–water partition coefficient (Wildman–Crippen LogP) is 1.22. The number of nitrogens with zero attached hydrogens (tertiary/aromatic N) is 2. The fourth-order valence-corrected chi connectivity index (χ4v) is 2.83. The Bertz CT molecular complexity index is 412. The van der Waals surface area contributed by atoms with Crippen LogP contribution in [0, 0.1) is 5.92 Å². The summed E-state index contributed by atoms with van der Waals surface area (Å²) in [5, 5.41) is 0. The van der Waals surface area contributed by atoms with E-state index >= 15 is 0 Å². The third-order valence-corrected chi connectivity index (χ3v) is 3.95. The van der Waals surface area contributed by atoms with Crippen molar-refractivity contribution in [3.8, 4) is 0 Å². The molecule has 20 heavy (non-hydrogen) atoms. The molecule has 2 heterocycles. The van der Waals surface area contributed by atoms with Gasteiger partial charge in [0.1, 0.15) is 6.61 Å². The molecular weight excluding hydrogens is 264 g/mol. The van der Waals surface area contributed by atoms with Crippen molar-refractivity contribution in [2.24, 2.45) is 5.92 Å². The Morgan fingerprint density at radius 1 is 1.35 bits per heavy atom. The molecule has 2 saturated heterocycles. The van der Waals surface area contributed by atoms with Crippen LogP contribution in [-0.4, -0.2) is 60.7 Å². The monoisotopic (exact) mass is 284 g/mol. The first kappa shape index (κ1) is 14.6. The standard InChI is InChI=1S/C13H20N2O5/c1-9(11(16)15-7-8-20-13(15)18)10-5-3-4-6-14(10)12(17)19-2/h9-10H,3-8H2,1-2H3/t9-,10+/m0/s1. The number of carbonyl (C=O) groups is 3. The van der Waals surface area contributed by atoms with Crippen molar-refractivity contribution >= 4 is 18.1 Å². The van der Waals surface area contributed by atoms with E-state index in [0.717, 1.165) is 24.2 Å². The van der Waals surface area contributed by atoms with Crippen LogP contribution >= 0.6 is 0 Å². The van der Waals surface area contributed by atoms with Crippen molar-refractivity contribution < 1.29 is 23.9 Å². The highest BCUT2D eigenvalue weighted by molar-refractivity contribution is 5.94. The third-order valence-electron chi connectivity index (χ3n) is 3.95. The van der Waals surface area contributed by atoms with Crippen molar-refractivity contribution in [2.75, 3.05) is 26.8 Å². The molecule has 2 aliphatic rings. The first-order valence-electron chi connectivity index (χ1n) is 6.89. The van der Waals surface area contributed by atoms with Crippen LogP contribution < -0.4 is 0 Å². The molecule has 0 aromatic heterocycles. The fraction of sp³-hybridized carbons (Fsp3) is 0.769. The maximum Gasteiger partial charge on any atom is 0.416 e. The SMILES string of the molecule is COC(=O)N1CCCC[C@@H]1[C@H](C)C(=O)N1CCOC1=O. The summed E-state index contributed by atoms with van der Waals surface area (Å²) < 4.78 is 9.55. The zero-order chi connectivity index (χ0) is 14.7. The first-order chi connectivity index (χ1) is 9.56. The molecule has 0 saturated carbocycles. The molecule has 0 spiro atoms. The van der Waals surface area contributed by atoms with E-state index in [1.807, 2.05) is 0 Å². The second kappa shape index (κ2) is 6.11. The molecule has 3 amide bonds. The highest BCUT2D eigenvalue weighted by Gasteiger charge is 2.39. The maximum absolute atomic E-state index is 12.4. The number of ether oxygens (including phenoxy) is 2. The van der Waals surface area contributed by atoms with Gasteiger partial charge in [-0.05, 0) is 19.3 Å². The minimum atomic E-state index is -0.595. The van der Waals surface area contributed by atoms with Gasteiger partial charge in [0.05, 0.1) is 19.6 Å². The topological polar surface area (TPSA) is 76.2 Å². The van der Waals surface area contributed by atoms with Crippen LogP contribution in [0.1, 0.15) is 26.2 Å². The Kier molecular flexibility index (Phi) is 4.46. The largest absolute Gasteiger partial charge is 0.453 e. The van der Waals surface area contributed by atoms with E-state index in [1.54, 1.807) is 11.8 Å². The summed E-state index contributed by atoms with van der Waals surface area (Å²) in [4.78, 5) is 38.3. The van der Waals surface area contributed by atoms with E-state index in [1.165, 1.54) is 7.11 Å². The van der Waals surface area contributed by atoms with Gasteiger partial charge in [-0.25, -0.2) is 14.5 Å². The lowest BCUT2D eigenvalue weighted by atomic mass is 9.91. The Morgan fingerprint density at radius 3 is 2.70 bits per heavy atom. The van der Waals surface area contributed by atoms with Crippen LogP contribution in [0.4, 0.5) is 9.59 Å². The van der Waals surface area contributed by atoms with Crippen LogP contribution in [0.2, 0.25) is 0 Å². The van der Waals surface area contributed by atoms with Crippen LogP contribution in [0.15, 0.2) is 0 Å². The zero-order valence-electron chi connectivity index (χ0n) is 11.8. The van der Waals surface area contributed by atoms with Crippen LogP contribution in [0.5, 0.6) is 0 Å². The summed E-state index contributed by atoms with van der Waals surface area (Å²) >= 11 is 0. The van der Waals surface area contributed by atoms with Gasteiger partial charge in [0.15, 0.2) is 0 Å². The summed E-state index contributed by atoms with van der Waals surface area (Å²) in [6.45, 7) is 2.86. The Hall–Kier alpha value is -1.79. The zero-order valence-corrected chi connectivity index (χ0v) is 11.8. The van der Waals surface area contributed by atoms with Crippen LogP contribution in [-0.2, 0) is 14.3 Å². The lowest BCUT2D eigenvalue weighted by molar-refractivity contribution is -0.133. The molecule has 2 aliphatic heterocycles. The smallest absolute Gasteiger partial charge is 0.416 e. The molecule has 2 atom stereocenters. The number of amides is 3. The quantitative estimate of drug-likeness (QED) is 0.762. The molecule has 0 aromatic rings. The van der Waals surface area contributed by atoms with Crippen molar-refractivity contribution in [3.05, 3.63) is 0 Å². The summed E-state index contributed by atoms with van der Waals surface area (Å²) in [5.41, 5.74) is 0. The average Bonchev–Trinajstić information content (AvgIpc) is 2.91. The van der Waals surface area contributed by atoms with Gasteiger partial charge in [-0.2, -0.15) is 0 Å². The number of cyclic esters (lactones) is 1. The molecule has 7 heteroatoms. The van der Waals surface area contributed by atoms with Gasteiger partial charge < -0.3 is 14.4 Å². The van der Waals surface area contributed by atoms with E-state index in [0.29, 0.717) is 6.54 Å². The van der Waals surface area contributed by atoms with Gasteiger partial charge in [-0.1, -0.05) is 6.92 Å². The Morgan fingerprint density at radius 2 is 2.10 bits per heavy atom. The predicted molar refractivity (Wildman–Crippen MR) is 69.0 cm³/mol. The van der Waals surface area contributed by atoms with Crippen LogP contribution in [0.25, 0.3) is 0 Å². The molecular formula is C13H20N2O5. The summed E-state index contributed by atoms with van der Waals surface area (Å²) in [5.74, 6) is -0.728. The molecule has 2 rings (SSSR count). The normalized spacial score (nSPS) is 24.3. The number of imide groups is 1. The number of rotatable bonds is 2. The van der Waals surface area contributed by atoms with Gasteiger partial charge in [0.2, 0.25) is 5.91 Å². The Balaban J connectivity index is 2.08. The van der Waals surface area contributed by atoms with Crippen molar-refractivity contribution in [2.45, 2.75) is 32.2 Å². The third kappa shape index (κ3) is 2.71. The van der Waals surface area contributed by atoms with Crippen molar-refractivity contribution in [1.82, 2.24) is 9.80 Å². The lowest BCUT2D eigenvalue weighted by Crippen LogP contribution is -2.51. The second-order valence-corrected chi connectivity index (χ2v) is 5.12. The number of piperidine rings is 1. The molecule has 0 bridgehead atoms.